The Balaban J connectivity index is 1.74. The van der Waals surface area contributed by atoms with Crippen molar-refractivity contribution in [1.29, 1.82) is 0 Å². The maximum absolute atomic E-state index is 3.57. The first-order valence-corrected chi connectivity index (χ1v) is 9.88. The smallest absolute Gasteiger partial charge is 0.0572 e. The molecule has 3 atom stereocenters. The molecule has 2 aliphatic heterocycles. The predicted molar refractivity (Wildman–Crippen MR) is 95.6 cm³/mol. The van der Waals surface area contributed by atoms with Gasteiger partial charge < -0.3 is 10.2 Å². The molecule has 0 saturated carbocycles. The lowest BCUT2D eigenvalue weighted by molar-refractivity contribution is 0.0635. The highest BCUT2D eigenvalue weighted by Gasteiger charge is 2.31. The number of piperidine rings is 1. The molecule has 0 aromatic carbocycles. The molecule has 0 spiro atoms. The highest BCUT2D eigenvalue weighted by atomic mass is 32.1. The molecule has 0 aliphatic carbocycles. The van der Waals surface area contributed by atoms with Crippen LogP contribution < -0.4 is 5.32 Å². The van der Waals surface area contributed by atoms with Gasteiger partial charge in [0.25, 0.3) is 0 Å². The molecule has 2 saturated heterocycles. The summed E-state index contributed by atoms with van der Waals surface area (Å²) in [6.07, 6.45) is 4.02. The van der Waals surface area contributed by atoms with Gasteiger partial charge in [0.05, 0.1) is 6.04 Å². The summed E-state index contributed by atoms with van der Waals surface area (Å²) >= 11 is 1.94. The van der Waals surface area contributed by atoms with E-state index in [1.165, 1.54) is 45.4 Å². The predicted octanol–water partition coefficient (Wildman–Crippen LogP) is 3.20. The molecule has 3 rings (SSSR count). The summed E-state index contributed by atoms with van der Waals surface area (Å²) in [5, 5.41) is 5.82. The molecular formula is C18H31N3S. The van der Waals surface area contributed by atoms with Crippen LogP contribution in [-0.2, 0) is 0 Å². The monoisotopic (exact) mass is 321 g/mol. The number of thiophene rings is 1. The third kappa shape index (κ3) is 3.91. The van der Waals surface area contributed by atoms with E-state index in [0.29, 0.717) is 12.1 Å². The van der Waals surface area contributed by atoms with Gasteiger partial charge in [0.2, 0.25) is 0 Å². The molecule has 3 nitrogen and oxygen atoms in total. The summed E-state index contributed by atoms with van der Waals surface area (Å²) in [5.74, 6) is 0.864. The van der Waals surface area contributed by atoms with Crippen LogP contribution in [0.5, 0.6) is 0 Å². The van der Waals surface area contributed by atoms with E-state index in [-0.39, 0.29) is 0 Å². The lowest BCUT2D eigenvalue weighted by atomic mass is 9.99. The Morgan fingerprint density at radius 3 is 3.05 bits per heavy atom. The summed E-state index contributed by atoms with van der Waals surface area (Å²) in [6, 6.07) is 5.83. The van der Waals surface area contributed by atoms with E-state index in [0.717, 1.165) is 19.0 Å². The molecule has 0 radical (unpaired) electrons. The molecule has 3 unspecified atom stereocenters. The summed E-state index contributed by atoms with van der Waals surface area (Å²) < 4.78 is 0. The zero-order chi connectivity index (χ0) is 15.4. The van der Waals surface area contributed by atoms with Gasteiger partial charge in [-0.1, -0.05) is 19.9 Å². The molecule has 1 aromatic rings. The van der Waals surface area contributed by atoms with Gasteiger partial charge in [0, 0.05) is 43.6 Å². The summed E-state index contributed by atoms with van der Waals surface area (Å²) in [7, 11) is 0. The third-order valence-corrected chi connectivity index (χ3v) is 6.28. The minimum Gasteiger partial charge on any atom is -0.314 e. The Morgan fingerprint density at radius 1 is 1.41 bits per heavy atom. The van der Waals surface area contributed by atoms with Crippen LogP contribution in [0.15, 0.2) is 17.5 Å². The van der Waals surface area contributed by atoms with Crippen molar-refractivity contribution in [2.45, 2.75) is 45.2 Å². The second kappa shape index (κ2) is 7.91. The number of hydrogen-bond donors (Lipinski definition) is 1. The third-order valence-electron chi connectivity index (χ3n) is 5.31. The Kier molecular flexibility index (Phi) is 5.91. The molecule has 1 aromatic heterocycles. The highest BCUT2D eigenvalue weighted by Crippen LogP contribution is 2.30. The fourth-order valence-corrected chi connectivity index (χ4v) is 4.94. The molecule has 124 valence electrons. The molecule has 22 heavy (non-hydrogen) atoms. The fraction of sp³-hybridized carbons (Fsp3) is 0.778. The maximum Gasteiger partial charge on any atom is 0.0572 e. The summed E-state index contributed by atoms with van der Waals surface area (Å²) in [5.41, 5.74) is 0. The Morgan fingerprint density at radius 2 is 2.32 bits per heavy atom. The molecule has 0 amide bonds. The van der Waals surface area contributed by atoms with E-state index >= 15 is 0 Å². The molecule has 0 bridgehead atoms. The molecule has 4 heteroatoms. The zero-order valence-electron chi connectivity index (χ0n) is 14.1. The number of nitrogens with one attached hydrogen (secondary N) is 1. The van der Waals surface area contributed by atoms with Crippen molar-refractivity contribution in [2.75, 3.05) is 39.3 Å². The zero-order valence-corrected chi connectivity index (χ0v) is 14.9. The average molecular weight is 322 g/mol. The van der Waals surface area contributed by atoms with Crippen LogP contribution in [0.1, 0.15) is 44.0 Å². The van der Waals surface area contributed by atoms with Crippen molar-refractivity contribution >= 4 is 11.3 Å². The quantitative estimate of drug-likeness (QED) is 0.898. The first-order valence-electron chi connectivity index (χ1n) is 9.00. The van der Waals surface area contributed by atoms with Crippen LogP contribution >= 0.6 is 11.3 Å². The SMILES string of the molecule is CCC1CNCCN1C(CN1CCCC(C)C1)c1cccs1. The number of rotatable bonds is 5. The minimum absolute atomic E-state index is 0.581. The van der Waals surface area contributed by atoms with E-state index in [1.54, 1.807) is 4.88 Å². The molecular weight excluding hydrogens is 290 g/mol. The first-order chi connectivity index (χ1) is 10.8. The standard InChI is InChI=1S/C18H31N3S/c1-3-16-12-19-8-10-21(16)17(18-7-5-11-22-18)14-20-9-4-6-15(2)13-20/h5,7,11,15-17,19H,3-4,6,8-10,12-14H2,1-2H3. The molecule has 2 aliphatic rings. The van der Waals surface area contributed by atoms with Crippen molar-refractivity contribution in [2.24, 2.45) is 5.92 Å². The number of hydrogen-bond acceptors (Lipinski definition) is 4. The molecule has 1 N–H and O–H groups in total. The van der Waals surface area contributed by atoms with Crippen LogP contribution in [0.3, 0.4) is 0 Å². The van der Waals surface area contributed by atoms with Gasteiger partial charge in [-0.15, -0.1) is 11.3 Å². The van der Waals surface area contributed by atoms with E-state index < -0.39 is 0 Å². The second-order valence-corrected chi connectivity index (χ2v) is 8.02. The average Bonchev–Trinajstić information content (AvgIpc) is 3.07. The Labute approximate surface area is 139 Å². The summed E-state index contributed by atoms with van der Waals surface area (Å²) in [6.45, 7) is 12.0. The van der Waals surface area contributed by atoms with Crippen LogP contribution in [0, 0.1) is 5.92 Å². The highest BCUT2D eigenvalue weighted by molar-refractivity contribution is 7.10. The maximum atomic E-state index is 3.57. The molecule has 3 heterocycles. The van der Waals surface area contributed by atoms with Gasteiger partial charge >= 0.3 is 0 Å². The van der Waals surface area contributed by atoms with Crippen LogP contribution in [0.4, 0.5) is 0 Å². The normalized spacial score (nSPS) is 29.5. The first kappa shape index (κ1) is 16.4. The summed E-state index contributed by atoms with van der Waals surface area (Å²) in [4.78, 5) is 7.05. The van der Waals surface area contributed by atoms with E-state index in [4.69, 9.17) is 0 Å². The topological polar surface area (TPSA) is 18.5 Å². The van der Waals surface area contributed by atoms with Gasteiger partial charge in [-0.3, -0.25) is 4.90 Å². The van der Waals surface area contributed by atoms with Crippen LogP contribution in [-0.4, -0.2) is 55.1 Å². The van der Waals surface area contributed by atoms with Crippen LogP contribution in [0.2, 0.25) is 0 Å². The van der Waals surface area contributed by atoms with E-state index in [1.807, 2.05) is 11.3 Å². The lowest BCUT2D eigenvalue weighted by Crippen LogP contribution is -2.54. The lowest BCUT2D eigenvalue weighted by Gasteiger charge is -2.43. The Hall–Kier alpha value is -0.420. The second-order valence-electron chi connectivity index (χ2n) is 7.04. The molecule has 2 fully saturated rings. The van der Waals surface area contributed by atoms with Crippen molar-refractivity contribution in [3.8, 4) is 0 Å². The van der Waals surface area contributed by atoms with Gasteiger partial charge in [-0.25, -0.2) is 0 Å². The number of likely N-dealkylation sites (tertiary alicyclic amines) is 1. The van der Waals surface area contributed by atoms with Crippen molar-refractivity contribution in [3.05, 3.63) is 22.4 Å². The van der Waals surface area contributed by atoms with Crippen molar-refractivity contribution < 1.29 is 0 Å². The Bertz CT molecular complexity index is 434. The number of piperazine rings is 1. The van der Waals surface area contributed by atoms with Gasteiger partial charge in [-0.2, -0.15) is 0 Å². The van der Waals surface area contributed by atoms with E-state index in [9.17, 15) is 0 Å². The van der Waals surface area contributed by atoms with Gasteiger partial charge in [-0.05, 0) is 43.2 Å². The number of nitrogens with zero attached hydrogens (tertiary/aromatic N) is 2. The van der Waals surface area contributed by atoms with E-state index in [2.05, 4.69) is 46.5 Å². The van der Waals surface area contributed by atoms with Crippen molar-refractivity contribution in [1.82, 2.24) is 15.1 Å². The van der Waals surface area contributed by atoms with Crippen LogP contribution in [0.25, 0.3) is 0 Å². The minimum atomic E-state index is 0.581. The van der Waals surface area contributed by atoms with Crippen molar-refractivity contribution in [3.63, 3.8) is 0 Å². The fourth-order valence-electron chi connectivity index (χ4n) is 4.10. The largest absolute Gasteiger partial charge is 0.314 e. The van der Waals surface area contributed by atoms with Gasteiger partial charge in [0.15, 0.2) is 0 Å². The van der Waals surface area contributed by atoms with Gasteiger partial charge in [0.1, 0.15) is 0 Å².